The maximum atomic E-state index is 11.7. The lowest BCUT2D eigenvalue weighted by Gasteiger charge is -2.30. The number of amides is 1. The first-order chi connectivity index (χ1) is 14.1. The molecule has 30 heavy (non-hydrogen) atoms. The third-order valence-corrected chi connectivity index (χ3v) is 6.02. The highest BCUT2D eigenvalue weighted by atomic mass is 32.2. The van der Waals surface area contributed by atoms with Crippen LogP contribution >= 0.6 is 0 Å². The van der Waals surface area contributed by atoms with Crippen LogP contribution < -0.4 is 5.48 Å². The molecule has 0 saturated heterocycles. The van der Waals surface area contributed by atoms with Gasteiger partial charge in [0.15, 0.2) is 6.79 Å². The van der Waals surface area contributed by atoms with Crippen LogP contribution in [0, 0.1) is 17.3 Å². The molecule has 0 heterocycles. The summed E-state index contributed by atoms with van der Waals surface area (Å²) in [5.74, 6) is -0.931. The van der Waals surface area contributed by atoms with Crippen LogP contribution in [0.3, 0.4) is 0 Å². The molecule has 0 spiro atoms. The van der Waals surface area contributed by atoms with Crippen molar-refractivity contribution in [2.45, 2.75) is 65.1 Å². The Labute approximate surface area is 177 Å². The molecule has 2 fully saturated rings. The van der Waals surface area contributed by atoms with Crippen LogP contribution in [0.5, 0.6) is 0 Å². The maximum Gasteiger partial charge on any atom is 0.510 e. The first kappa shape index (κ1) is 24.5. The van der Waals surface area contributed by atoms with E-state index in [1.54, 1.807) is 13.8 Å². The van der Waals surface area contributed by atoms with Crippen LogP contribution in [0.15, 0.2) is 0 Å². The largest absolute Gasteiger partial charge is 0.750 e. The van der Waals surface area contributed by atoms with E-state index in [1.165, 1.54) is 0 Å². The van der Waals surface area contributed by atoms with E-state index >= 15 is 0 Å². The lowest BCUT2D eigenvalue weighted by atomic mass is 9.91. The van der Waals surface area contributed by atoms with Gasteiger partial charge in [-0.15, -0.1) is 0 Å². The van der Waals surface area contributed by atoms with Crippen LogP contribution in [0.25, 0.3) is 0 Å². The molecule has 1 amide bonds. The van der Waals surface area contributed by atoms with Crippen molar-refractivity contribution in [1.82, 2.24) is 5.48 Å². The van der Waals surface area contributed by atoms with Gasteiger partial charge in [-0.25, -0.2) is 13.8 Å². The van der Waals surface area contributed by atoms with E-state index in [2.05, 4.69) is 0 Å². The Hall–Kier alpha value is -1.76. The summed E-state index contributed by atoms with van der Waals surface area (Å²) in [5, 5.41) is 0. The molecule has 2 aliphatic rings. The van der Waals surface area contributed by atoms with Crippen LogP contribution in [0.1, 0.15) is 52.9 Å². The minimum Gasteiger partial charge on any atom is -0.750 e. The van der Waals surface area contributed by atoms with Crippen molar-refractivity contribution < 1.29 is 46.4 Å². The fourth-order valence-electron chi connectivity index (χ4n) is 3.51. The molecule has 172 valence electrons. The van der Waals surface area contributed by atoms with Gasteiger partial charge in [-0.1, -0.05) is 6.92 Å². The molecule has 11 nitrogen and oxygen atoms in total. The van der Waals surface area contributed by atoms with E-state index in [9.17, 15) is 23.1 Å². The van der Waals surface area contributed by atoms with Gasteiger partial charge in [0.1, 0.15) is 12.7 Å². The van der Waals surface area contributed by atoms with Crippen molar-refractivity contribution in [2.75, 3.05) is 13.4 Å². The van der Waals surface area contributed by atoms with Gasteiger partial charge >= 0.3 is 12.1 Å². The Morgan fingerprint density at radius 2 is 1.80 bits per heavy atom. The first-order valence-corrected chi connectivity index (χ1v) is 10.8. The van der Waals surface area contributed by atoms with Gasteiger partial charge in [-0.2, -0.15) is 5.48 Å². The number of nitrogens with one attached hydrogen (secondary N) is 1. The fraction of sp³-hybridized carbons (Fsp3) is 0.833. The molecule has 12 heteroatoms. The monoisotopic (exact) mass is 450 g/mol. The van der Waals surface area contributed by atoms with Crippen LogP contribution in [0.2, 0.25) is 0 Å². The summed E-state index contributed by atoms with van der Waals surface area (Å²) in [5.41, 5.74) is 1.28. The standard InChI is InChI=1S/C18H29NO10S/c1-4-18(2,3)16(21)28-19-13(20)7-8-25-17(22)27-10-26-14-11-5-6-12(9-11)15(14)29-30(23)24/h11-12,14-15H,4-10H2,1-3H3,(H,19,20)(H,23,24)/p-1. The average Bonchev–Trinajstić information content (AvgIpc) is 3.28. The Morgan fingerprint density at radius 3 is 2.43 bits per heavy atom. The zero-order valence-electron chi connectivity index (χ0n) is 17.2. The number of rotatable bonds is 10. The lowest BCUT2D eigenvalue weighted by molar-refractivity contribution is -0.167. The summed E-state index contributed by atoms with van der Waals surface area (Å²) < 4.78 is 41.6. The van der Waals surface area contributed by atoms with E-state index in [-0.39, 0.29) is 24.9 Å². The second-order valence-electron chi connectivity index (χ2n) is 7.99. The highest BCUT2D eigenvalue weighted by Gasteiger charge is 2.49. The molecular formula is C18H28NO10S-. The van der Waals surface area contributed by atoms with E-state index < -0.39 is 53.8 Å². The quantitative estimate of drug-likeness (QED) is 0.224. The lowest BCUT2D eigenvalue weighted by Crippen LogP contribution is -2.38. The van der Waals surface area contributed by atoms with E-state index in [1.807, 2.05) is 12.4 Å². The summed E-state index contributed by atoms with van der Waals surface area (Å²) in [7, 11) is 0. The van der Waals surface area contributed by atoms with E-state index in [4.69, 9.17) is 23.2 Å². The van der Waals surface area contributed by atoms with Crippen LogP contribution in [-0.4, -0.2) is 52.4 Å². The zero-order chi connectivity index (χ0) is 22.3. The minimum atomic E-state index is -2.64. The predicted molar refractivity (Wildman–Crippen MR) is 99.7 cm³/mol. The van der Waals surface area contributed by atoms with E-state index in [0.717, 1.165) is 19.3 Å². The second kappa shape index (κ2) is 11.0. The second-order valence-corrected chi connectivity index (χ2v) is 8.59. The normalized spacial score (nSPS) is 26.1. The highest BCUT2D eigenvalue weighted by molar-refractivity contribution is 7.74. The Kier molecular flexibility index (Phi) is 9.01. The van der Waals surface area contributed by atoms with Crippen molar-refractivity contribution >= 4 is 29.4 Å². The van der Waals surface area contributed by atoms with E-state index in [0.29, 0.717) is 6.42 Å². The Morgan fingerprint density at radius 1 is 1.13 bits per heavy atom. The van der Waals surface area contributed by atoms with Gasteiger partial charge in [-0.05, 0) is 51.4 Å². The summed E-state index contributed by atoms with van der Waals surface area (Å²) in [6.45, 7) is 4.49. The van der Waals surface area contributed by atoms with Gasteiger partial charge in [-0.3, -0.25) is 8.98 Å². The number of carbonyl (C=O) groups excluding carboxylic acids is 3. The van der Waals surface area contributed by atoms with Crippen molar-refractivity contribution in [2.24, 2.45) is 17.3 Å². The zero-order valence-corrected chi connectivity index (χ0v) is 18.1. The molecule has 0 radical (unpaired) electrons. The smallest absolute Gasteiger partial charge is 0.510 e. The molecule has 2 saturated carbocycles. The van der Waals surface area contributed by atoms with Gasteiger partial charge in [0.05, 0.1) is 29.3 Å². The van der Waals surface area contributed by atoms with Crippen molar-refractivity contribution in [3.8, 4) is 0 Å². The molecule has 5 atom stereocenters. The molecule has 2 rings (SSSR count). The molecule has 0 aromatic rings. The molecule has 2 aliphatic carbocycles. The summed E-state index contributed by atoms with van der Waals surface area (Å²) in [6.07, 6.45) is 0.818. The molecule has 5 unspecified atom stereocenters. The molecule has 0 aromatic carbocycles. The van der Waals surface area contributed by atoms with Gasteiger partial charge in [0.25, 0.3) is 5.91 Å². The number of fused-ring (bicyclic) bond motifs is 2. The van der Waals surface area contributed by atoms with Crippen molar-refractivity contribution in [3.05, 3.63) is 0 Å². The maximum absolute atomic E-state index is 11.7. The number of hydrogen-bond donors (Lipinski definition) is 1. The summed E-state index contributed by atoms with van der Waals surface area (Å²) in [6, 6.07) is 0. The first-order valence-electron chi connectivity index (χ1n) is 9.81. The fourth-order valence-corrected chi connectivity index (χ4v) is 3.96. The predicted octanol–water partition coefficient (Wildman–Crippen LogP) is 1.49. The Bertz CT molecular complexity index is 655. The van der Waals surface area contributed by atoms with Crippen molar-refractivity contribution in [1.29, 1.82) is 0 Å². The molecule has 1 N–H and O–H groups in total. The third kappa shape index (κ3) is 6.89. The van der Waals surface area contributed by atoms with Gasteiger partial charge < -0.3 is 23.6 Å². The summed E-state index contributed by atoms with van der Waals surface area (Å²) >= 11 is -2.64. The van der Waals surface area contributed by atoms with Gasteiger partial charge in [0, 0.05) is 0 Å². The van der Waals surface area contributed by atoms with Crippen molar-refractivity contribution in [3.63, 3.8) is 0 Å². The number of ether oxygens (including phenoxy) is 3. The molecule has 0 aromatic heterocycles. The SMILES string of the molecule is CCC(C)(C)C(=O)ONC(=O)CCOC(=O)OCOC1C2CCC(C2)C1OS(=O)[O-]. The number of carbonyl (C=O) groups is 3. The average molecular weight is 450 g/mol. The third-order valence-electron chi connectivity index (χ3n) is 5.64. The van der Waals surface area contributed by atoms with Crippen LogP contribution in [0.4, 0.5) is 4.79 Å². The highest BCUT2D eigenvalue weighted by Crippen LogP contribution is 2.47. The minimum absolute atomic E-state index is 0.111. The number of hydrogen-bond acceptors (Lipinski definition) is 10. The van der Waals surface area contributed by atoms with Gasteiger partial charge in [0.2, 0.25) is 0 Å². The molecule has 0 aliphatic heterocycles. The Balaban J connectivity index is 1.60. The topological polar surface area (TPSA) is 150 Å². The molecular weight excluding hydrogens is 422 g/mol. The number of hydroxylamine groups is 1. The summed E-state index contributed by atoms with van der Waals surface area (Å²) in [4.78, 5) is 39.7. The van der Waals surface area contributed by atoms with Crippen LogP contribution in [-0.2, 0) is 44.2 Å². The molecule has 2 bridgehead atoms.